The van der Waals surface area contributed by atoms with Gasteiger partial charge in [-0.1, -0.05) is 12.1 Å². The summed E-state index contributed by atoms with van der Waals surface area (Å²) in [6.07, 6.45) is 1.71. The Morgan fingerprint density at radius 2 is 1.83 bits per heavy atom. The molecule has 1 aromatic heterocycles. The maximum absolute atomic E-state index is 13.0. The minimum absolute atomic E-state index is 0.175. The van der Waals surface area contributed by atoms with Crippen molar-refractivity contribution in [1.82, 2.24) is 4.98 Å². The molecule has 0 aliphatic heterocycles. The standard InChI is InChI=1S/C18H11FN2OS/c19-15-5-3-13(4-6-15)17-11-23-18(21-17)14(10-20)9-12-1-7-16(22)8-2-12/h1-9,11,22H. The summed E-state index contributed by atoms with van der Waals surface area (Å²) < 4.78 is 13.0. The Bertz CT molecular complexity index is 890. The number of aromatic hydroxyl groups is 1. The van der Waals surface area contributed by atoms with E-state index in [0.29, 0.717) is 16.3 Å². The number of thiazole rings is 1. The first kappa shape index (κ1) is 14.9. The Morgan fingerprint density at radius 1 is 1.13 bits per heavy atom. The highest BCUT2D eigenvalue weighted by Crippen LogP contribution is 2.27. The van der Waals surface area contributed by atoms with Gasteiger partial charge in [0.15, 0.2) is 0 Å². The van der Waals surface area contributed by atoms with Crippen molar-refractivity contribution in [2.45, 2.75) is 0 Å². The number of halogens is 1. The van der Waals surface area contributed by atoms with E-state index in [1.54, 1.807) is 42.5 Å². The second-order valence-corrected chi connectivity index (χ2v) is 5.66. The zero-order valence-corrected chi connectivity index (χ0v) is 12.7. The van der Waals surface area contributed by atoms with Gasteiger partial charge < -0.3 is 5.11 Å². The molecule has 3 aromatic rings. The van der Waals surface area contributed by atoms with Crippen molar-refractivity contribution in [2.24, 2.45) is 0 Å². The van der Waals surface area contributed by atoms with Crippen molar-refractivity contribution in [2.75, 3.05) is 0 Å². The lowest BCUT2D eigenvalue weighted by Gasteiger charge is -1.97. The fraction of sp³-hybridized carbons (Fsp3) is 0. The molecule has 0 unspecified atom stereocenters. The molecule has 0 bridgehead atoms. The summed E-state index contributed by atoms with van der Waals surface area (Å²) in [5.74, 6) is -0.123. The summed E-state index contributed by atoms with van der Waals surface area (Å²) in [7, 11) is 0. The van der Waals surface area contributed by atoms with Crippen LogP contribution in [0.25, 0.3) is 22.9 Å². The number of allylic oxidation sites excluding steroid dienone is 1. The van der Waals surface area contributed by atoms with E-state index in [9.17, 15) is 14.8 Å². The highest BCUT2D eigenvalue weighted by Gasteiger charge is 2.09. The normalized spacial score (nSPS) is 11.2. The van der Waals surface area contributed by atoms with Crippen LogP contribution in [0.4, 0.5) is 4.39 Å². The molecule has 0 aliphatic carbocycles. The summed E-state index contributed by atoms with van der Waals surface area (Å²) in [4.78, 5) is 4.45. The first-order chi connectivity index (χ1) is 11.2. The van der Waals surface area contributed by atoms with Crippen LogP contribution in [-0.4, -0.2) is 10.1 Å². The number of benzene rings is 2. The molecule has 0 spiro atoms. The zero-order valence-electron chi connectivity index (χ0n) is 11.9. The quantitative estimate of drug-likeness (QED) is 0.710. The molecule has 112 valence electrons. The Hall–Kier alpha value is -2.97. The van der Waals surface area contributed by atoms with Crippen LogP contribution in [0.1, 0.15) is 10.6 Å². The smallest absolute Gasteiger partial charge is 0.134 e. The van der Waals surface area contributed by atoms with E-state index in [-0.39, 0.29) is 11.6 Å². The van der Waals surface area contributed by atoms with E-state index in [2.05, 4.69) is 11.1 Å². The number of rotatable bonds is 3. The Labute approximate surface area is 136 Å². The summed E-state index contributed by atoms with van der Waals surface area (Å²) in [6.45, 7) is 0. The van der Waals surface area contributed by atoms with Gasteiger partial charge in [0.25, 0.3) is 0 Å². The zero-order chi connectivity index (χ0) is 16.2. The molecular weight excluding hydrogens is 311 g/mol. The molecule has 0 atom stereocenters. The summed E-state index contributed by atoms with van der Waals surface area (Å²) in [5, 5.41) is 21.1. The summed E-state index contributed by atoms with van der Waals surface area (Å²) >= 11 is 1.36. The van der Waals surface area contributed by atoms with Crippen molar-refractivity contribution in [3.63, 3.8) is 0 Å². The third-order valence-corrected chi connectivity index (χ3v) is 4.07. The maximum Gasteiger partial charge on any atom is 0.134 e. The van der Waals surface area contributed by atoms with Gasteiger partial charge in [-0.25, -0.2) is 9.37 Å². The molecule has 23 heavy (non-hydrogen) atoms. The van der Waals surface area contributed by atoms with Crippen molar-refractivity contribution in [3.05, 3.63) is 70.3 Å². The van der Waals surface area contributed by atoms with E-state index in [0.717, 1.165) is 11.1 Å². The number of nitrogens with zero attached hydrogens (tertiary/aromatic N) is 2. The van der Waals surface area contributed by atoms with Crippen molar-refractivity contribution < 1.29 is 9.50 Å². The van der Waals surface area contributed by atoms with Crippen LogP contribution in [0.15, 0.2) is 53.9 Å². The van der Waals surface area contributed by atoms with Crippen LogP contribution in [0.2, 0.25) is 0 Å². The minimum atomic E-state index is -0.297. The second-order valence-electron chi connectivity index (χ2n) is 4.81. The maximum atomic E-state index is 13.0. The number of hydrogen-bond acceptors (Lipinski definition) is 4. The average Bonchev–Trinajstić information content (AvgIpc) is 3.05. The number of nitriles is 1. The van der Waals surface area contributed by atoms with Gasteiger partial charge in [0.05, 0.1) is 11.3 Å². The highest BCUT2D eigenvalue weighted by atomic mass is 32.1. The lowest BCUT2D eigenvalue weighted by molar-refractivity contribution is 0.475. The van der Waals surface area contributed by atoms with Gasteiger partial charge in [-0.15, -0.1) is 11.3 Å². The molecule has 3 nitrogen and oxygen atoms in total. The lowest BCUT2D eigenvalue weighted by Crippen LogP contribution is -1.83. The number of aromatic nitrogens is 1. The van der Waals surface area contributed by atoms with Crippen molar-refractivity contribution in [3.8, 4) is 23.1 Å². The van der Waals surface area contributed by atoms with Crippen molar-refractivity contribution >= 4 is 23.0 Å². The number of phenols is 1. The largest absolute Gasteiger partial charge is 0.508 e. The van der Waals surface area contributed by atoms with Crippen LogP contribution < -0.4 is 0 Å². The van der Waals surface area contributed by atoms with Gasteiger partial charge >= 0.3 is 0 Å². The van der Waals surface area contributed by atoms with E-state index >= 15 is 0 Å². The fourth-order valence-electron chi connectivity index (χ4n) is 2.03. The third-order valence-electron chi connectivity index (χ3n) is 3.20. The van der Waals surface area contributed by atoms with Crippen LogP contribution in [-0.2, 0) is 0 Å². The minimum Gasteiger partial charge on any atom is -0.508 e. The van der Waals surface area contributed by atoms with E-state index in [1.807, 2.05) is 5.38 Å². The van der Waals surface area contributed by atoms with Crippen LogP contribution in [0, 0.1) is 17.1 Å². The predicted molar refractivity (Wildman–Crippen MR) is 89.1 cm³/mol. The second kappa shape index (κ2) is 6.42. The predicted octanol–water partition coefficient (Wildman–Crippen LogP) is 4.72. The van der Waals surface area contributed by atoms with Gasteiger partial charge in [0, 0.05) is 10.9 Å². The molecule has 0 fully saturated rings. The lowest BCUT2D eigenvalue weighted by atomic mass is 10.1. The van der Waals surface area contributed by atoms with Gasteiger partial charge in [-0.3, -0.25) is 0 Å². The van der Waals surface area contributed by atoms with Crippen molar-refractivity contribution in [1.29, 1.82) is 5.26 Å². The summed E-state index contributed by atoms with van der Waals surface area (Å²) in [6, 6.07) is 14.8. The van der Waals surface area contributed by atoms with Gasteiger partial charge in [0.1, 0.15) is 22.6 Å². The van der Waals surface area contributed by atoms with Crippen LogP contribution >= 0.6 is 11.3 Å². The molecule has 3 rings (SSSR count). The van der Waals surface area contributed by atoms with Gasteiger partial charge in [-0.05, 0) is 48.0 Å². The molecular formula is C18H11FN2OS. The topological polar surface area (TPSA) is 56.9 Å². The molecule has 5 heteroatoms. The van der Waals surface area contributed by atoms with E-state index in [1.165, 1.54) is 23.5 Å². The van der Waals surface area contributed by atoms with Gasteiger partial charge in [0.2, 0.25) is 0 Å². The Balaban J connectivity index is 1.92. The molecule has 0 aliphatic rings. The Morgan fingerprint density at radius 3 is 2.48 bits per heavy atom. The van der Waals surface area contributed by atoms with E-state index in [4.69, 9.17) is 0 Å². The van der Waals surface area contributed by atoms with Gasteiger partial charge in [-0.2, -0.15) is 5.26 Å². The molecule has 0 saturated heterocycles. The molecule has 2 aromatic carbocycles. The van der Waals surface area contributed by atoms with Crippen LogP contribution in [0.3, 0.4) is 0 Å². The fourth-order valence-corrected chi connectivity index (χ4v) is 2.82. The molecule has 1 N–H and O–H groups in total. The van der Waals surface area contributed by atoms with Crippen LogP contribution in [0.5, 0.6) is 5.75 Å². The first-order valence-corrected chi connectivity index (χ1v) is 7.66. The monoisotopic (exact) mass is 322 g/mol. The number of hydrogen-bond donors (Lipinski definition) is 1. The molecule has 0 saturated carbocycles. The van der Waals surface area contributed by atoms with E-state index < -0.39 is 0 Å². The highest BCUT2D eigenvalue weighted by molar-refractivity contribution is 7.11. The molecule has 0 radical (unpaired) electrons. The molecule has 1 heterocycles. The third kappa shape index (κ3) is 3.44. The SMILES string of the molecule is N#CC(=Cc1ccc(O)cc1)c1nc(-c2ccc(F)cc2)cs1. The Kier molecular flexibility index (Phi) is 4.18. The summed E-state index contributed by atoms with van der Waals surface area (Å²) in [5.41, 5.74) is 2.75. The number of phenolic OH excluding ortho intramolecular Hbond substituents is 1. The molecule has 0 amide bonds. The first-order valence-electron chi connectivity index (χ1n) is 6.78. The average molecular weight is 322 g/mol.